The Labute approximate surface area is 137 Å². The molecule has 1 aromatic rings. The molecule has 21 heavy (non-hydrogen) atoms. The number of halogens is 1. The number of benzene rings is 1. The third-order valence-corrected chi connectivity index (χ3v) is 4.66. The van der Waals surface area contributed by atoms with Crippen molar-refractivity contribution < 1.29 is 8.42 Å². The molecule has 0 saturated heterocycles. The van der Waals surface area contributed by atoms with Crippen LogP contribution in [0.2, 0.25) is 0 Å². The van der Waals surface area contributed by atoms with Crippen molar-refractivity contribution >= 4 is 31.5 Å². The van der Waals surface area contributed by atoms with Gasteiger partial charge in [0.1, 0.15) is 9.84 Å². The zero-order chi connectivity index (χ0) is 16.0. The zero-order valence-corrected chi connectivity index (χ0v) is 15.6. The van der Waals surface area contributed by atoms with Crippen molar-refractivity contribution in [1.82, 2.24) is 5.32 Å². The quantitative estimate of drug-likeness (QED) is 0.757. The van der Waals surface area contributed by atoms with Crippen molar-refractivity contribution in [1.29, 1.82) is 0 Å². The van der Waals surface area contributed by atoms with Crippen molar-refractivity contribution in [3.63, 3.8) is 0 Å². The number of nitrogens with one attached hydrogen (secondary N) is 1. The molecule has 0 aromatic heterocycles. The predicted molar refractivity (Wildman–Crippen MR) is 93.7 cm³/mol. The van der Waals surface area contributed by atoms with E-state index in [1.165, 1.54) is 11.8 Å². The maximum Gasteiger partial charge on any atom is 0.149 e. The minimum Gasteiger partial charge on any atom is -0.373 e. The highest BCUT2D eigenvalue weighted by Gasteiger charge is 2.10. The minimum absolute atomic E-state index is 0.160. The van der Waals surface area contributed by atoms with Crippen LogP contribution in [0.1, 0.15) is 19.4 Å². The van der Waals surface area contributed by atoms with Crippen LogP contribution >= 0.6 is 15.9 Å². The van der Waals surface area contributed by atoms with Gasteiger partial charge in [-0.3, -0.25) is 0 Å². The summed E-state index contributed by atoms with van der Waals surface area (Å²) >= 11 is 3.57. The normalized spacial score (nSPS) is 11.9. The van der Waals surface area contributed by atoms with Crippen LogP contribution in [0.15, 0.2) is 22.7 Å². The van der Waals surface area contributed by atoms with E-state index >= 15 is 0 Å². The number of hydrogen-bond acceptors (Lipinski definition) is 4. The summed E-state index contributed by atoms with van der Waals surface area (Å²) in [7, 11) is -1.03. The zero-order valence-electron chi connectivity index (χ0n) is 13.2. The van der Waals surface area contributed by atoms with Gasteiger partial charge in [-0.15, -0.1) is 0 Å². The van der Waals surface area contributed by atoms with E-state index in [4.69, 9.17) is 0 Å². The lowest BCUT2D eigenvalue weighted by Gasteiger charge is -2.21. The van der Waals surface area contributed by atoms with Crippen LogP contribution in [0.25, 0.3) is 0 Å². The van der Waals surface area contributed by atoms with Gasteiger partial charge in [-0.2, -0.15) is 0 Å². The van der Waals surface area contributed by atoms with Crippen molar-refractivity contribution in [2.24, 2.45) is 5.92 Å². The molecule has 6 heteroatoms. The average Bonchev–Trinajstić information content (AvgIpc) is 2.35. The molecule has 120 valence electrons. The Bertz CT molecular complexity index is 559. The molecule has 1 N–H and O–H groups in total. The number of rotatable bonds is 8. The lowest BCUT2D eigenvalue weighted by atomic mass is 10.1. The van der Waals surface area contributed by atoms with E-state index in [0.29, 0.717) is 12.5 Å². The summed E-state index contributed by atoms with van der Waals surface area (Å²) in [6.07, 6.45) is 1.26. The lowest BCUT2D eigenvalue weighted by Crippen LogP contribution is -2.25. The van der Waals surface area contributed by atoms with E-state index in [1.54, 1.807) is 0 Å². The molecule has 4 nitrogen and oxygen atoms in total. The Kier molecular flexibility index (Phi) is 7.16. The monoisotopic (exact) mass is 376 g/mol. The molecule has 1 aromatic carbocycles. The van der Waals surface area contributed by atoms with Crippen molar-refractivity contribution in [3.8, 4) is 0 Å². The van der Waals surface area contributed by atoms with Gasteiger partial charge in [0.2, 0.25) is 0 Å². The number of hydrogen-bond donors (Lipinski definition) is 1. The summed E-state index contributed by atoms with van der Waals surface area (Å²) in [5, 5.41) is 3.41. The van der Waals surface area contributed by atoms with Crippen LogP contribution in [0.5, 0.6) is 0 Å². The SMILES string of the molecule is CC(C)CNCc1ccc(N(C)CCS(C)(=O)=O)c(Br)c1. The van der Waals surface area contributed by atoms with Crippen LogP contribution in [-0.4, -0.2) is 40.6 Å². The first kappa shape index (κ1) is 18.5. The lowest BCUT2D eigenvalue weighted by molar-refractivity contribution is 0.552. The summed E-state index contributed by atoms with van der Waals surface area (Å²) < 4.78 is 23.5. The summed E-state index contributed by atoms with van der Waals surface area (Å²) in [4.78, 5) is 1.95. The third kappa shape index (κ3) is 7.29. The second-order valence-corrected chi connectivity index (χ2v) is 8.98. The van der Waals surface area contributed by atoms with Crippen molar-refractivity contribution in [2.45, 2.75) is 20.4 Å². The molecule has 1 rings (SSSR count). The fourth-order valence-corrected chi connectivity index (χ4v) is 3.23. The third-order valence-electron chi connectivity index (χ3n) is 3.10. The fraction of sp³-hybridized carbons (Fsp3) is 0.600. The first-order chi connectivity index (χ1) is 9.69. The summed E-state index contributed by atoms with van der Waals surface area (Å²) in [6.45, 7) is 6.69. The number of nitrogens with zero attached hydrogens (tertiary/aromatic N) is 1. The van der Waals surface area contributed by atoms with Gasteiger partial charge < -0.3 is 10.2 Å². The largest absolute Gasteiger partial charge is 0.373 e. The van der Waals surface area contributed by atoms with E-state index in [0.717, 1.165) is 23.2 Å². The Morgan fingerprint density at radius 3 is 2.52 bits per heavy atom. The minimum atomic E-state index is -2.94. The van der Waals surface area contributed by atoms with Gasteiger partial charge in [-0.05, 0) is 46.1 Å². The first-order valence-corrected chi connectivity index (χ1v) is 9.92. The average molecular weight is 377 g/mol. The van der Waals surface area contributed by atoms with Crippen molar-refractivity contribution in [3.05, 3.63) is 28.2 Å². The first-order valence-electron chi connectivity index (χ1n) is 7.07. The van der Waals surface area contributed by atoms with Gasteiger partial charge in [0.25, 0.3) is 0 Å². The molecule has 0 radical (unpaired) electrons. The Morgan fingerprint density at radius 1 is 1.33 bits per heavy atom. The Balaban J connectivity index is 2.64. The predicted octanol–water partition coefficient (Wildman–Crippen LogP) is 2.68. The molecule has 0 saturated carbocycles. The summed E-state index contributed by atoms with van der Waals surface area (Å²) in [5.74, 6) is 0.794. The molecule has 0 aliphatic rings. The molecule has 0 amide bonds. The Hall–Kier alpha value is -0.590. The molecule has 0 spiro atoms. The van der Waals surface area contributed by atoms with E-state index in [9.17, 15) is 8.42 Å². The van der Waals surface area contributed by atoms with E-state index in [1.807, 2.05) is 18.0 Å². The molecule has 0 heterocycles. The number of anilines is 1. The van der Waals surface area contributed by atoms with Gasteiger partial charge in [-0.25, -0.2) is 8.42 Å². The number of sulfone groups is 1. The van der Waals surface area contributed by atoms with Gasteiger partial charge in [0.05, 0.1) is 11.4 Å². The molecule has 0 unspecified atom stereocenters. The molecular formula is C15H25BrN2O2S. The Morgan fingerprint density at radius 2 is 2.00 bits per heavy atom. The van der Waals surface area contributed by atoms with Crippen LogP contribution in [0.3, 0.4) is 0 Å². The van der Waals surface area contributed by atoms with E-state index in [-0.39, 0.29) is 5.75 Å². The molecular weight excluding hydrogens is 352 g/mol. The molecule has 0 atom stereocenters. The van der Waals surface area contributed by atoms with Gasteiger partial charge in [0, 0.05) is 30.9 Å². The van der Waals surface area contributed by atoms with Crippen LogP contribution in [-0.2, 0) is 16.4 Å². The highest BCUT2D eigenvalue weighted by atomic mass is 79.9. The van der Waals surface area contributed by atoms with Crippen molar-refractivity contribution in [2.75, 3.05) is 37.0 Å². The highest BCUT2D eigenvalue weighted by Crippen LogP contribution is 2.26. The molecule has 0 aliphatic carbocycles. The van der Waals surface area contributed by atoms with Crippen LogP contribution in [0, 0.1) is 5.92 Å². The van der Waals surface area contributed by atoms with Crippen LogP contribution in [0.4, 0.5) is 5.69 Å². The maximum absolute atomic E-state index is 11.2. The van der Waals surface area contributed by atoms with E-state index in [2.05, 4.69) is 47.2 Å². The van der Waals surface area contributed by atoms with Crippen LogP contribution < -0.4 is 10.2 Å². The fourth-order valence-electron chi connectivity index (χ4n) is 1.90. The van der Waals surface area contributed by atoms with Gasteiger partial charge in [0.15, 0.2) is 0 Å². The molecule has 0 aliphatic heterocycles. The second-order valence-electron chi connectivity index (χ2n) is 5.86. The summed E-state index contributed by atoms with van der Waals surface area (Å²) in [6, 6.07) is 6.18. The van der Waals surface area contributed by atoms with E-state index < -0.39 is 9.84 Å². The molecule has 0 fully saturated rings. The smallest absolute Gasteiger partial charge is 0.149 e. The standard InChI is InChI=1S/C15H25BrN2O2S/c1-12(2)10-17-11-13-5-6-15(14(16)9-13)18(3)7-8-21(4,19)20/h5-6,9,12,17H,7-8,10-11H2,1-4H3. The second kappa shape index (κ2) is 8.15. The summed E-state index contributed by atoms with van der Waals surface area (Å²) in [5.41, 5.74) is 2.22. The van der Waals surface area contributed by atoms with Gasteiger partial charge >= 0.3 is 0 Å². The molecule has 0 bridgehead atoms. The van der Waals surface area contributed by atoms with Gasteiger partial charge in [-0.1, -0.05) is 19.9 Å². The maximum atomic E-state index is 11.2. The topological polar surface area (TPSA) is 49.4 Å². The highest BCUT2D eigenvalue weighted by molar-refractivity contribution is 9.10.